The summed E-state index contributed by atoms with van der Waals surface area (Å²) in [6, 6.07) is 0. The van der Waals surface area contributed by atoms with E-state index in [1.54, 1.807) is 6.20 Å². The Morgan fingerprint density at radius 2 is 2.53 bits per heavy atom. The first-order valence-corrected chi connectivity index (χ1v) is 5.16. The van der Waals surface area contributed by atoms with Gasteiger partial charge in [-0.1, -0.05) is 0 Å². The number of nitrogens with two attached hydrogens (primary N) is 1. The first-order valence-electron chi connectivity index (χ1n) is 5.16. The van der Waals surface area contributed by atoms with Crippen LogP contribution in [0.1, 0.15) is 12.8 Å². The standard InChI is InChI=1S/C10H14N4O/c11-10(15)2-1-8(10)9-5-7-6-12-3-4-14(7)13-9/h3,5-6,8,13,15H,1-2,4,11H2. The van der Waals surface area contributed by atoms with Crippen LogP contribution in [0.5, 0.6) is 0 Å². The fourth-order valence-electron chi connectivity index (χ4n) is 2.19. The summed E-state index contributed by atoms with van der Waals surface area (Å²) in [4.78, 5) is 4.09. The van der Waals surface area contributed by atoms with Crippen LogP contribution in [0.2, 0.25) is 0 Å². The molecule has 2 aliphatic heterocycles. The molecule has 0 spiro atoms. The van der Waals surface area contributed by atoms with Crippen molar-refractivity contribution in [1.29, 1.82) is 0 Å². The van der Waals surface area contributed by atoms with Crippen LogP contribution >= 0.6 is 0 Å². The topological polar surface area (TPSA) is 73.9 Å². The summed E-state index contributed by atoms with van der Waals surface area (Å²) in [5.41, 5.74) is 9.99. The Bertz CT molecular complexity index is 383. The number of allylic oxidation sites excluding steroid dienone is 1. The Labute approximate surface area is 87.9 Å². The van der Waals surface area contributed by atoms with E-state index >= 15 is 0 Å². The first kappa shape index (κ1) is 8.94. The fraction of sp³-hybridized carbons (Fsp3) is 0.500. The van der Waals surface area contributed by atoms with Crippen molar-refractivity contribution in [3.8, 4) is 0 Å². The van der Waals surface area contributed by atoms with Gasteiger partial charge in [-0.15, -0.1) is 0 Å². The fourth-order valence-corrected chi connectivity index (χ4v) is 2.19. The molecule has 0 saturated heterocycles. The van der Waals surface area contributed by atoms with E-state index in [4.69, 9.17) is 5.73 Å². The molecular weight excluding hydrogens is 192 g/mol. The molecule has 80 valence electrons. The zero-order valence-corrected chi connectivity index (χ0v) is 8.35. The molecule has 2 atom stereocenters. The van der Waals surface area contributed by atoms with Crippen LogP contribution in [-0.4, -0.2) is 28.6 Å². The van der Waals surface area contributed by atoms with Gasteiger partial charge in [0.05, 0.1) is 18.4 Å². The molecule has 5 heteroatoms. The van der Waals surface area contributed by atoms with Crippen molar-refractivity contribution in [1.82, 2.24) is 10.4 Å². The normalized spacial score (nSPS) is 37.7. The minimum Gasteiger partial charge on any atom is -0.375 e. The maximum Gasteiger partial charge on any atom is 0.121 e. The lowest BCUT2D eigenvalue weighted by Crippen LogP contribution is -2.57. The summed E-state index contributed by atoms with van der Waals surface area (Å²) in [5, 5.41) is 11.8. The number of hydrogen-bond acceptors (Lipinski definition) is 5. The summed E-state index contributed by atoms with van der Waals surface area (Å²) in [7, 11) is 0. The van der Waals surface area contributed by atoms with E-state index in [-0.39, 0.29) is 5.92 Å². The van der Waals surface area contributed by atoms with E-state index in [1.807, 2.05) is 17.3 Å². The van der Waals surface area contributed by atoms with Crippen LogP contribution in [0.15, 0.2) is 28.7 Å². The van der Waals surface area contributed by atoms with Crippen LogP contribution in [0.3, 0.4) is 0 Å². The predicted molar refractivity (Wildman–Crippen MR) is 56.4 cm³/mol. The predicted octanol–water partition coefficient (Wildman–Crippen LogP) is -0.326. The third kappa shape index (κ3) is 1.27. The third-order valence-corrected chi connectivity index (χ3v) is 3.27. The van der Waals surface area contributed by atoms with E-state index in [0.717, 1.165) is 24.4 Å². The number of nitrogens with one attached hydrogen (secondary N) is 1. The summed E-state index contributed by atoms with van der Waals surface area (Å²) < 4.78 is 0. The van der Waals surface area contributed by atoms with Crippen LogP contribution in [0.25, 0.3) is 0 Å². The maximum atomic E-state index is 9.79. The summed E-state index contributed by atoms with van der Waals surface area (Å²) >= 11 is 0. The number of aliphatic imine (C=N–C) groups is 1. The third-order valence-electron chi connectivity index (χ3n) is 3.27. The second-order valence-corrected chi connectivity index (χ2v) is 4.29. The van der Waals surface area contributed by atoms with Crippen LogP contribution in [-0.2, 0) is 0 Å². The zero-order chi connectivity index (χ0) is 10.5. The second kappa shape index (κ2) is 2.84. The number of hydrazine groups is 1. The van der Waals surface area contributed by atoms with Gasteiger partial charge >= 0.3 is 0 Å². The van der Waals surface area contributed by atoms with E-state index in [0.29, 0.717) is 6.42 Å². The van der Waals surface area contributed by atoms with Gasteiger partial charge in [0.15, 0.2) is 0 Å². The second-order valence-electron chi connectivity index (χ2n) is 4.29. The van der Waals surface area contributed by atoms with Gasteiger partial charge in [0.2, 0.25) is 0 Å². The lowest BCUT2D eigenvalue weighted by Gasteiger charge is -2.43. The molecule has 15 heavy (non-hydrogen) atoms. The Morgan fingerprint density at radius 1 is 1.67 bits per heavy atom. The SMILES string of the molecule is NC1(O)CCC1C1=CC2=CN=CCN2N1. The van der Waals surface area contributed by atoms with Crippen molar-refractivity contribution >= 4 is 6.21 Å². The van der Waals surface area contributed by atoms with Gasteiger partial charge in [0.1, 0.15) is 5.72 Å². The molecule has 3 rings (SSSR count). The van der Waals surface area contributed by atoms with Crippen molar-refractivity contribution in [3.63, 3.8) is 0 Å². The quantitative estimate of drug-likeness (QED) is 0.514. The summed E-state index contributed by atoms with van der Waals surface area (Å²) in [6.45, 7) is 0.752. The molecule has 0 bridgehead atoms. The number of aliphatic hydroxyl groups is 1. The van der Waals surface area contributed by atoms with Gasteiger partial charge < -0.3 is 16.3 Å². The molecule has 2 heterocycles. The largest absolute Gasteiger partial charge is 0.375 e. The van der Waals surface area contributed by atoms with Crippen LogP contribution in [0, 0.1) is 5.92 Å². The molecule has 0 amide bonds. The number of rotatable bonds is 1. The van der Waals surface area contributed by atoms with Gasteiger partial charge in [0, 0.05) is 17.8 Å². The van der Waals surface area contributed by atoms with Crippen LogP contribution in [0.4, 0.5) is 0 Å². The van der Waals surface area contributed by atoms with Crippen molar-refractivity contribution < 1.29 is 5.11 Å². The average molecular weight is 206 g/mol. The van der Waals surface area contributed by atoms with E-state index in [2.05, 4.69) is 10.4 Å². The highest BCUT2D eigenvalue weighted by atomic mass is 16.3. The van der Waals surface area contributed by atoms with Crippen LogP contribution < -0.4 is 11.2 Å². The maximum absolute atomic E-state index is 9.79. The lowest BCUT2D eigenvalue weighted by atomic mass is 9.74. The summed E-state index contributed by atoms with van der Waals surface area (Å²) in [6.07, 6.45) is 7.26. The minimum atomic E-state index is -1.03. The molecule has 0 aromatic heterocycles. The van der Waals surface area contributed by atoms with Crippen molar-refractivity contribution in [2.45, 2.75) is 18.6 Å². The molecule has 5 nitrogen and oxygen atoms in total. The Hall–Kier alpha value is -1.33. The highest BCUT2D eigenvalue weighted by molar-refractivity contribution is 5.63. The minimum absolute atomic E-state index is 0.0315. The first-order chi connectivity index (χ1) is 7.17. The molecule has 0 radical (unpaired) electrons. The molecule has 2 unspecified atom stereocenters. The van der Waals surface area contributed by atoms with E-state index < -0.39 is 5.72 Å². The van der Waals surface area contributed by atoms with E-state index in [1.165, 1.54) is 0 Å². The van der Waals surface area contributed by atoms with Crippen molar-refractivity contribution in [2.75, 3.05) is 6.54 Å². The lowest BCUT2D eigenvalue weighted by molar-refractivity contribution is -0.0760. The van der Waals surface area contributed by atoms with Gasteiger partial charge in [-0.25, -0.2) is 0 Å². The number of fused-ring (bicyclic) bond motifs is 1. The monoisotopic (exact) mass is 206 g/mol. The molecular formula is C10H14N4O. The van der Waals surface area contributed by atoms with Crippen molar-refractivity contribution in [3.05, 3.63) is 23.7 Å². The number of hydrogen-bond donors (Lipinski definition) is 3. The van der Waals surface area contributed by atoms with E-state index in [9.17, 15) is 5.11 Å². The molecule has 4 N–H and O–H groups in total. The molecule has 1 saturated carbocycles. The molecule has 0 aromatic carbocycles. The summed E-state index contributed by atoms with van der Waals surface area (Å²) in [5.74, 6) is 0.0315. The molecule has 1 aliphatic carbocycles. The highest BCUT2D eigenvalue weighted by Gasteiger charge is 2.45. The average Bonchev–Trinajstić information content (AvgIpc) is 2.58. The highest BCUT2D eigenvalue weighted by Crippen LogP contribution is 2.40. The zero-order valence-electron chi connectivity index (χ0n) is 8.35. The van der Waals surface area contributed by atoms with Gasteiger partial charge in [-0.2, -0.15) is 0 Å². The van der Waals surface area contributed by atoms with Crippen molar-refractivity contribution in [2.24, 2.45) is 16.6 Å². The smallest absolute Gasteiger partial charge is 0.121 e. The van der Waals surface area contributed by atoms with Gasteiger partial charge in [0.25, 0.3) is 0 Å². The van der Waals surface area contributed by atoms with Gasteiger partial charge in [-0.05, 0) is 18.9 Å². The Kier molecular flexibility index (Phi) is 1.69. The Morgan fingerprint density at radius 3 is 3.13 bits per heavy atom. The molecule has 1 fully saturated rings. The number of nitrogens with zero attached hydrogens (tertiary/aromatic N) is 2. The molecule has 0 aromatic rings. The van der Waals surface area contributed by atoms with Gasteiger partial charge in [-0.3, -0.25) is 10.0 Å². The molecule has 3 aliphatic rings. The Balaban J connectivity index is 1.83.